The average Bonchev–Trinajstić information content (AvgIpc) is 3.47. The predicted octanol–water partition coefficient (Wildman–Crippen LogP) is 2.43. The van der Waals surface area contributed by atoms with Crippen LogP contribution < -0.4 is 10.0 Å². The van der Waals surface area contributed by atoms with E-state index in [1.165, 1.54) is 19.2 Å². The van der Waals surface area contributed by atoms with Crippen LogP contribution in [0.1, 0.15) is 29.9 Å². The summed E-state index contributed by atoms with van der Waals surface area (Å²) in [5, 5.41) is 6.77. The Bertz CT molecular complexity index is 960. The van der Waals surface area contributed by atoms with Crippen molar-refractivity contribution in [2.75, 3.05) is 25.6 Å². The van der Waals surface area contributed by atoms with E-state index in [0.717, 1.165) is 18.4 Å². The molecule has 1 heterocycles. The number of methoxy groups -OCH3 is 1. The molecule has 1 aliphatic rings. The fraction of sp³-hybridized carbons (Fsp3) is 0.368. The molecule has 1 aliphatic carbocycles. The second-order valence-corrected chi connectivity index (χ2v) is 8.33. The number of sulfonamides is 1. The van der Waals surface area contributed by atoms with Crippen LogP contribution in [0.15, 0.2) is 33.7 Å². The zero-order chi connectivity index (χ0) is 20.1. The zero-order valence-corrected chi connectivity index (χ0v) is 16.6. The van der Waals surface area contributed by atoms with Gasteiger partial charge in [-0.05, 0) is 43.5 Å². The molecule has 0 spiro atoms. The molecule has 0 bridgehead atoms. The summed E-state index contributed by atoms with van der Waals surface area (Å²) in [6, 6.07) is 6.42. The number of hydrogen-bond acceptors (Lipinski definition) is 6. The van der Waals surface area contributed by atoms with Gasteiger partial charge in [0.15, 0.2) is 5.76 Å². The van der Waals surface area contributed by atoms with Crippen LogP contribution in [0.25, 0.3) is 12.2 Å². The summed E-state index contributed by atoms with van der Waals surface area (Å²) in [4.78, 5) is 12.2. The highest BCUT2D eigenvalue weighted by Gasteiger charge is 2.30. The lowest BCUT2D eigenvalue weighted by Gasteiger charge is -2.06. The van der Waals surface area contributed by atoms with E-state index >= 15 is 0 Å². The zero-order valence-electron chi connectivity index (χ0n) is 15.8. The Labute approximate surface area is 164 Å². The molecule has 0 unspecified atom stereocenters. The minimum absolute atomic E-state index is 0.0171. The fourth-order valence-corrected chi connectivity index (χ4v) is 3.53. The van der Waals surface area contributed by atoms with Crippen LogP contribution in [0.5, 0.6) is 0 Å². The fourth-order valence-electron chi connectivity index (χ4n) is 2.52. The Morgan fingerprint density at radius 1 is 1.29 bits per heavy atom. The Kier molecular flexibility index (Phi) is 6.28. The van der Waals surface area contributed by atoms with Crippen LogP contribution in [0.2, 0.25) is 0 Å². The molecule has 2 aromatic rings. The van der Waals surface area contributed by atoms with Crippen LogP contribution in [0.3, 0.4) is 0 Å². The molecule has 150 valence electrons. The molecule has 0 saturated heterocycles. The molecule has 8 nitrogen and oxygen atoms in total. The van der Waals surface area contributed by atoms with Crippen molar-refractivity contribution < 1.29 is 22.5 Å². The van der Waals surface area contributed by atoms with E-state index in [9.17, 15) is 13.2 Å². The molecule has 1 aromatic heterocycles. The van der Waals surface area contributed by atoms with Gasteiger partial charge in [-0.2, -0.15) is 0 Å². The quantitative estimate of drug-likeness (QED) is 0.620. The van der Waals surface area contributed by atoms with Crippen LogP contribution >= 0.6 is 0 Å². The molecule has 1 saturated carbocycles. The summed E-state index contributed by atoms with van der Waals surface area (Å²) in [7, 11) is -2.06. The van der Waals surface area contributed by atoms with Gasteiger partial charge in [0.1, 0.15) is 11.4 Å². The first-order chi connectivity index (χ1) is 13.4. The van der Waals surface area contributed by atoms with Crippen molar-refractivity contribution in [1.82, 2.24) is 9.88 Å². The monoisotopic (exact) mass is 405 g/mol. The van der Waals surface area contributed by atoms with E-state index in [1.54, 1.807) is 31.2 Å². The van der Waals surface area contributed by atoms with Crippen molar-refractivity contribution >= 4 is 33.8 Å². The van der Waals surface area contributed by atoms with Gasteiger partial charge in [0.05, 0.1) is 11.5 Å². The number of anilines is 1. The summed E-state index contributed by atoms with van der Waals surface area (Å²) >= 11 is 0. The first kappa shape index (κ1) is 20.2. The molecule has 1 aromatic carbocycles. The largest absolute Gasteiger partial charge is 0.383 e. The molecule has 0 atom stereocenters. The van der Waals surface area contributed by atoms with Gasteiger partial charge >= 0.3 is 0 Å². The van der Waals surface area contributed by atoms with Crippen LogP contribution in [-0.4, -0.2) is 39.7 Å². The van der Waals surface area contributed by atoms with Gasteiger partial charge < -0.3 is 14.6 Å². The molecule has 28 heavy (non-hydrogen) atoms. The second kappa shape index (κ2) is 8.68. The molecule has 2 N–H and O–H groups in total. The van der Waals surface area contributed by atoms with Crippen LogP contribution in [0, 0.1) is 12.8 Å². The molecule has 3 rings (SSSR count). The van der Waals surface area contributed by atoms with E-state index in [2.05, 4.69) is 15.2 Å². The van der Waals surface area contributed by atoms with E-state index in [1.807, 2.05) is 0 Å². The third-order valence-electron chi connectivity index (χ3n) is 4.30. The maximum Gasteiger partial charge on any atom is 0.240 e. The first-order valence-electron chi connectivity index (χ1n) is 8.94. The van der Waals surface area contributed by atoms with E-state index in [0.29, 0.717) is 23.7 Å². The van der Waals surface area contributed by atoms with E-state index < -0.39 is 10.0 Å². The Morgan fingerprint density at radius 3 is 2.64 bits per heavy atom. The number of carbonyl (C=O) groups is 1. The van der Waals surface area contributed by atoms with Crippen molar-refractivity contribution in [3.63, 3.8) is 0 Å². The molecule has 9 heteroatoms. The SMILES string of the molecule is COCCNS(=O)(=O)c1ccc(/C=C\c2onc(C)c2NC(=O)C2CC2)cc1. The first-order valence-corrected chi connectivity index (χ1v) is 10.4. The van der Waals surface area contributed by atoms with Crippen molar-refractivity contribution in [2.24, 2.45) is 5.92 Å². The van der Waals surface area contributed by atoms with Gasteiger partial charge in [-0.15, -0.1) is 0 Å². The number of amides is 1. The Morgan fingerprint density at radius 2 is 2.00 bits per heavy atom. The van der Waals surface area contributed by atoms with Gasteiger partial charge in [0, 0.05) is 19.6 Å². The lowest BCUT2D eigenvalue weighted by molar-refractivity contribution is -0.117. The summed E-state index contributed by atoms with van der Waals surface area (Å²) in [5.74, 6) is 0.513. The maximum absolute atomic E-state index is 12.2. The van der Waals surface area contributed by atoms with E-state index in [4.69, 9.17) is 9.26 Å². The normalized spacial score (nSPS) is 14.5. The highest BCUT2D eigenvalue weighted by atomic mass is 32.2. The number of hydrogen-bond donors (Lipinski definition) is 2. The summed E-state index contributed by atoms with van der Waals surface area (Å²) in [6.45, 7) is 2.27. The summed E-state index contributed by atoms with van der Waals surface area (Å²) < 4.78 is 36.9. The summed E-state index contributed by atoms with van der Waals surface area (Å²) in [5.41, 5.74) is 1.95. The van der Waals surface area contributed by atoms with Crippen molar-refractivity contribution in [3.8, 4) is 0 Å². The molecule has 1 fully saturated rings. The van der Waals surface area contributed by atoms with Crippen LogP contribution in [0.4, 0.5) is 5.69 Å². The highest BCUT2D eigenvalue weighted by molar-refractivity contribution is 7.89. The molecular weight excluding hydrogens is 382 g/mol. The predicted molar refractivity (Wildman–Crippen MR) is 105 cm³/mol. The number of nitrogens with one attached hydrogen (secondary N) is 2. The second-order valence-electron chi connectivity index (χ2n) is 6.56. The topological polar surface area (TPSA) is 111 Å². The number of aryl methyl sites for hydroxylation is 1. The smallest absolute Gasteiger partial charge is 0.240 e. The summed E-state index contributed by atoms with van der Waals surface area (Å²) in [6.07, 6.45) is 5.29. The average molecular weight is 405 g/mol. The number of rotatable bonds is 9. The van der Waals surface area contributed by atoms with Gasteiger partial charge in [0.25, 0.3) is 0 Å². The van der Waals surface area contributed by atoms with Gasteiger partial charge in [-0.25, -0.2) is 13.1 Å². The van der Waals surface area contributed by atoms with Crippen molar-refractivity contribution in [2.45, 2.75) is 24.7 Å². The Hall–Kier alpha value is -2.49. The number of ether oxygens (including phenoxy) is 1. The molecule has 0 radical (unpaired) electrons. The third-order valence-corrected chi connectivity index (χ3v) is 5.78. The lowest BCUT2D eigenvalue weighted by Crippen LogP contribution is -2.27. The molecule has 0 aliphatic heterocycles. The Balaban J connectivity index is 1.69. The minimum atomic E-state index is -3.57. The molecular formula is C19H23N3O5S. The third kappa shape index (κ3) is 5.06. The van der Waals surface area contributed by atoms with Gasteiger partial charge in [-0.3, -0.25) is 4.79 Å². The van der Waals surface area contributed by atoms with Crippen LogP contribution in [-0.2, 0) is 19.6 Å². The standard InChI is InChI=1S/C19H23N3O5S/c1-13-18(21-19(23)15-6-7-15)17(27-22-13)10-5-14-3-8-16(9-4-14)28(24,25)20-11-12-26-2/h3-5,8-10,15,20H,6-7,11-12H2,1-2H3,(H,21,23)/b10-5-. The molecule has 1 amide bonds. The number of carbonyl (C=O) groups excluding carboxylic acids is 1. The minimum Gasteiger partial charge on any atom is -0.383 e. The van der Waals surface area contributed by atoms with Crippen molar-refractivity contribution in [3.05, 3.63) is 41.3 Å². The van der Waals surface area contributed by atoms with E-state index in [-0.39, 0.29) is 23.3 Å². The number of benzene rings is 1. The lowest BCUT2D eigenvalue weighted by atomic mass is 10.2. The highest BCUT2D eigenvalue weighted by Crippen LogP contribution is 2.32. The number of nitrogens with zero attached hydrogens (tertiary/aromatic N) is 1. The van der Waals surface area contributed by atoms with Gasteiger partial charge in [-0.1, -0.05) is 23.4 Å². The number of aromatic nitrogens is 1. The van der Waals surface area contributed by atoms with Crippen molar-refractivity contribution in [1.29, 1.82) is 0 Å². The van der Waals surface area contributed by atoms with Gasteiger partial charge in [0.2, 0.25) is 15.9 Å². The maximum atomic E-state index is 12.2.